The number of nitrogens with one attached hydrogen (secondary N) is 1. The molecule has 0 bridgehead atoms. The van der Waals surface area contributed by atoms with Gasteiger partial charge in [-0.3, -0.25) is 0 Å². The summed E-state index contributed by atoms with van der Waals surface area (Å²) in [5.41, 5.74) is -1.62. The smallest absolute Gasteiger partial charge is 0.416 e. The third kappa shape index (κ3) is 4.11. The molecule has 106 valence electrons. The molecule has 0 heterocycles. The average Bonchev–Trinajstić information content (AvgIpc) is 2.34. The molecule has 0 radical (unpaired) electrons. The highest BCUT2D eigenvalue weighted by Crippen LogP contribution is 2.32. The molecule has 0 saturated heterocycles. The van der Waals surface area contributed by atoms with Gasteiger partial charge in [-0.05, 0) is 18.2 Å². The predicted molar refractivity (Wildman–Crippen MR) is 60.0 cm³/mol. The minimum atomic E-state index is -4.59. The lowest BCUT2D eigenvalue weighted by Crippen LogP contribution is -2.24. The van der Waals surface area contributed by atoms with Crippen LogP contribution in [0.25, 0.3) is 0 Å². The summed E-state index contributed by atoms with van der Waals surface area (Å²) in [6.07, 6.45) is -5.79. The predicted octanol–water partition coefficient (Wildman–Crippen LogP) is 1.17. The molecule has 1 rings (SSSR count). The lowest BCUT2D eigenvalue weighted by molar-refractivity contribution is -0.137. The molecular formula is C11H12F3NO4. The summed E-state index contributed by atoms with van der Waals surface area (Å²) >= 11 is 0. The fraction of sp³-hybridized carbons (Fsp3) is 0.364. The van der Waals surface area contributed by atoms with Gasteiger partial charge in [0.25, 0.3) is 0 Å². The number of aliphatic hydroxyl groups is 2. The molecule has 1 unspecified atom stereocenters. The number of halogens is 3. The summed E-state index contributed by atoms with van der Waals surface area (Å²) in [5.74, 6) is -1.39. The number of aromatic carboxylic acids is 1. The number of alkyl halides is 3. The van der Waals surface area contributed by atoms with Gasteiger partial charge in [-0.15, -0.1) is 0 Å². The van der Waals surface area contributed by atoms with Gasteiger partial charge in [0.2, 0.25) is 0 Å². The molecule has 0 aliphatic carbocycles. The van der Waals surface area contributed by atoms with E-state index in [-0.39, 0.29) is 17.8 Å². The quantitative estimate of drug-likeness (QED) is 0.649. The van der Waals surface area contributed by atoms with Gasteiger partial charge < -0.3 is 20.6 Å². The maximum atomic E-state index is 12.5. The van der Waals surface area contributed by atoms with Crippen LogP contribution in [0.1, 0.15) is 15.9 Å². The molecule has 0 aliphatic heterocycles. The molecule has 19 heavy (non-hydrogen) atoms. The molecule has 5 nitrogen and oxygen atoms in total. The van der Waals surface area contributed by atoms with Crippen LogP contribution in [0.2, 0.25) is 0 Å². The number of benzene rings is 1. The van der Waals surface area contributed by atoms with E-state index in [0.717, 1.165) is 6.07 Å². The highest BCUT2D eigenvalue weighted by molar-refractivity contribution is 5.94. The molecule has 0 aromatic heterocycles. The van der Waals surface area contributed by atoms with Crippen LogP contribution in [0.3, 0.4) is 0 Å². The first-order valence-electron chi connectivity index (χ1n) is 5.23. The Balaban J connectivity index is 3.06. The Bertz CT molecular complexity index is 462. The average molecular weight is 279 g/mol. The molecule has 1 atom stereocenters. The summed E-state index contributed by atoms with van der Waals surface area (Å²) in [6, 6.07) is 2.14. The fourth-order valence-electron chi connectivity index (χ4n) is 1.35. The zero-order chi connectivity index (χ0) is 14.6. The first-order chi connectivity index (χ1) is 8.75. The summed E-state index contributed by atoms with van der Waals surface area (Å²) in [4.78, 5) is 10.9. The minimum absolute atomic E-state index is 0.266. The van der Waals surface area contributed by atoms with Crippen LogP contribution < -0.4 is 5.32 Å². The third-order valence-corrected chi connectivity index (χ3v) is 2.32. The number of aliphatic hydroxyl groups excluding tert-OH is 2. The highest BCUT2D eigenvalue weighted by atomic mass is 19.4. The van der Waals surface area contributed by atoms with E-state index in [1.54, 1.807) is 0 Å². The van der Waals surface area contributed by atoms with E-state index < -0.39 is 30.4 Å². The monoisotopic (exact) mass is 279 g/mol. The van der Waals surface area contributed by atoms with Gasteiger partial charge in [0.1, 0.15) is 0 Å². The second-order valence-electron chi connectivity index (χ2n) is 3.78. The SMILES string of the molecule is O=C(O)c1ccc(C(F)(F)F)cc1NCC(O)CO. The van der Waals surface area contributed by atoms with E-state index in [1.165, 1.54) is 0 Å². The van der Waals surface area contributed by atoms with Crippen molar-refractivity contribution in [3.8, 4) is 0 Å². The van der Waals surface area contributed by atoms with Crippen molar-refractivity contribution < 1.29 is 33.3 Å². The number of carboxylic acid groups (broad SMARTS) is 1. The zero-order valence-corrected chi connectivity index (χ0v) is 9.61. The van der Waals surface area contributed by atoms with Crippen LogP contribution in [0.5, 0.6) is 0 Å². The summed E-state index contributed by atoms with van der Waals surface area (Å²) in [5, 5.41) is 28.9. The largest absolute Gasteiger partial charge is 0.478 e. The maximum Gasteiger partial charge on any atom is 0.416 e. The van der Waals surface area contributed by atoms with E-state index in [2.05, 4.69) is 5.32 Å². The van der Waals surface area contributed by atoms with Crippen LogP contribution in [0.15, 0.2) is 18.2 Å². The molecule has 1 aromatic rings. The maximum absolute atomic E-state index is 12.5. The van der Waals surface area contributed by atoms with Crippen molar-refractivity contribution in [2.75, 3.05) is 18.5 Å². The fourth-order valence-corrected chi connectivity index (χ4v) is 1.35. The normalized spacial score (nSPS) is 13.1. The lowest BCUT2D eigenvalue weighted by Gasteiger charge is -2.15. The minimum Gasteiger partial charge on any atom is -0.478 e. The van der Waals surface area contributed by atoms with Gasteiger partial charge in [-0.1, -0.05) is 0 Å². The summed E-state index contributed by atoms with van der Waals surface area (Å²) < 4.78 is 37.5. The van der Waals surface area contributed by atoms with E-state index in [1.807, 2.05) is 0 Å². The Kier molecular flexibility index (Phi) is 4.73. The molecule has 1 aromatic carbocycles. The van der Waals surface area contributed by atoms with Gasteiger partial charge in [0, 0.05) is 12.2 Å². The Labute approximate surface area is 106 Å². The summed E-state index contributed by atoms with van der Waals surface area (Å²) in [6.45, 7) is -0.855. The second kappa shape index (κ2) is 5.89. The Hall–Kier alpha value is -1.80. The van der Waals surface area contributed by atoms with Crippen molar-refractivity contribution in [1.29, 1.82) is 0 Å². The van der Waals surface area contributed by atoms with Crippen LogP contribution in [-0.2, 0) is 6.18 Å². The van der Waals surface area contributed by atoms with Gasteiger partial charge >= 0.3 is 12.1 Å². The van der Waals surface area contributed by atoms with E-state index in [0.29, 0.717) is 12.1 Å². The zero-order valence-electron chi connectivity index (χ0n) is 9.61. The molecule has 0 saturated carbocycles. The third-order valence-electron chi connectivity index (χ3n) is 2.32. The van der Waals surface area contributed by atoms with Crippen molar-refractivity contribution in [2.45, 2.75) is 12.3 Å². The number of anilines is 1. The molecule has 8 heteroatoms. The first-order valence-corrected chi connectivity index (χ1v) is 5.23. The number of carboxylic acids is 1. The van der Waals surface area contributed by atoms with Crippen molar-refractivity contribution in [2.24, 2.45) is 0 Å². The molecule has 0 spiro atoms. The van der Waals surface area contributed by atoms with Crippen LogP contribution in [0, 0.1) is 0 Å². The Morgan fingerprint density at radius 2 is 2.00 bits per heavy atom. The van der Waals surface area contributed by atoms with E-state index >= 15 is 0 Å². The van der Waals surface area contributed by atoms with Crippen LogP contribution >= 0.6 is 0 Å². The van der Waals surface area contributed by atoms with Crippen molar-refractivity contribution in [3.63, 3.8) is 0 Å². The van der Waals surface area contributed by atoms with Crippen LogP contribution in [0.4, 0.5) is 18.9 Å². The van der Waals surface area contributed by atoms with Crippen molar-refractivity contribution in [3.05, 3.63) is 29.3 Å². The molecule has 0 aliphatic rings. The van der Waals surface area contributed by atoms with E-state index in [4.69, 9.17) is 15.3 Å². The van der Waals surface area contributed by atoms with Crippen molar-refractivity contribution in [1.82, 2.24) is 0 Å². The molecular weight excluding hydrogens is 267 g/mol. The molecule has 0 fully saturated rings. The Morgan fingerprint density at radius 1 is 1.37 bits per heavy atom. The van der Waals surface area contributed by atoms with E-state index in [9.17, 15) is 18.0 Å². The molecule has 4 N–H and O–H groups in total. The number of rotatable bonds is 5. The van der Waals surface area contributed by atoms with Gasteiger partial charge in [0.15, 0.2) is 0 Å². The number of carbonyl (C=O) groups is 1. The number of hydrogen-bond donors (Lipinski definition) is 4. The van der Waals surface area contributed by atoms with Gasteiger partial charge in [0.05, 0.1) is 23.8 Å². The van der Waals surface area contributed by atoms with Crippen LogP contribution in [-0.4, -0.2) is 40.5 Å². The highest BCUT2D eigenvalue weighted by Gasteiger charge is 2.31. The number of hydrogen-bond acceptors (Lipinski definition) is 4. The van der Waals surface area contributed by atoms with Gasteiger partial charge in [-0.2, -0.15) is 13.2 Å². The summed E-state index contributed by atoms with van der Waals surface area (Å²) in [7, 11) is 0. The second-order valence-corrected chi connectivity index (χ2v) is 3.78. The lowest BCUT2D eigenvalue weighted by atomic mass is 10.1. The van der Waals surface area contributed by atoms with Crippen molar-refractivity contribution >= 4 is 11.7 Å². The standard InChI is InChI=1S/C11H12F3NO4/c12-11(13,14)6-1-2-8(10(18)19)9(3-6)15-4-7(17)5-16/h1-3,7,15-17H,4-5H2,(H,18,19). The van der Waals surface area contributed by atoms with Gasteiger partial charge in [-0.25, -0.2) is 4.79 Å². The topological polar surface area (TPSA) is 89.8 Å². The Morgan fingerprint density at radius 3 is 2.47 bits per heavy atom. The molecule has 0 amide bonds. The first kappa shape index (κ1) is 15.3.